The number of amides is 1. The van der Waals surface area contributed by atoms with Crippen molar-refractivity contribution in [1.29, 1.82) is 0 Å². The summed E-state index contributed by atoms with van der Waals surface area (Å²) in [6, 6.07) is 5.01. The van der Waals surface area contributed by atoms with Crippen molar-refractivity contribution in [2.45, 2.75) is 97.3 Å². The molecule has 0 spiro atoms. The summed E-state index contributed by atoms with van der Waals surface area (Å²) in [4.78, 5) is 19.0. The van der Waals surface area contributed by atoms with E-state index < -0.39 is 36.9 Å². The van der Waals surface area contributed by atoms with Gasteiger partial charge in [-0.1, -0.05) is 46.1 Å². The summed E-state index contributed by atoms with van der Waals surface area (Å²) in [5.74, 6) is -1.40. The molecule has 0 saturated heterocycles. The van der Waals surface area contributed by atoms with Crippen LogP contribution in [0.4, 0.5) is 22.0 Å². The Labute approximate surface area is 209 Å². The fourth-order valence-corrected chi connectivity index (χ4v) is 3.38. The van der Waals surface area contributed by atoms with E-state index in [1.807, 2.05) is 6.07 Å². The highest BCUT2D eigenvalue weighted by atomic mass is 32.1. The predicted octanol–water partition coefficient (Wildman–Crippen LogP) is 7.27. The molecule has 1 aromatic heterocycles. The van der Waals surface area contributed by atoms with E-state index in [9.17, 15) is 26.7 Å². The molecule has 0 radical (unpaired) electrons. The lowest BCUT2D eigenvalue weighted by atomic mass is 9.97. The molecular formula is C24H37F5N4OS. The van der Waals surface area contributed by atoms with Crippen LogP contribution in [0.15, 0.2) is 18.2 Å². The summed E-state index contributed by atoms with van der Waals surface area (Å²) < 4.78 is 63.4. The molecule has 1 heterocycles. The third-order valence-corrected chi connectivity index (χ3v) is 5.06. The lowest BCUT2D eigenvalue weighted by molar-refractivity contribution is -0.144. The molecule has 1 saturated carbocycles. The Balaban J connectivity index is 0.000000419. The van der Waals surface area contributed by atoms with Crippen molar-refractivity contribution in [3.63, 3.8) is 0 Å². The van der Waals surface area contributed by atoms with E-state index in [1.54, 1.807) is 19.1 Å². The highest BCUT2D eigenvalue weighted by Crippen LogP contribution is 2.32. The number of rotatable bonds is 6. The van der Waals surface area contributed by atoms with E-state index in [1.165, 1.54) is 0 Å². The quantitative estimate of drug-likeness (QED) is 0.237. The van der Waals surface area contributed by atoms with Gasteiger partial charge >= 0.3 is 6.18 Å². The van der Waals surface area contributed by atoms with E-state index >= 15 is 0 Å². The summed E-state index contributed by atoms with van der Waals surface area (Å²) in [6.45, 7) is 8.69. The standard InChI is InChI=1S/C14H17F3N4OS.C6H10F2.C4H10/c1-8(19-13(22)4-5-14(15,16)17)9-2-3-10-11(6-9)21-12(20-10)7-18-23;7-6(8)4-2-1-3-5-6;1-4(2)3/h2-3,6,8,18,23H,4-5,7H2,1H3,(H,19,22)(H,20,21);1-5H2;4H,1-3H3. The van der Waals surface area contributed by atoms with Crippen LogP contribution in [0.3, 0.4) is 0 Å². The van der Waals surface area contributed by atoms with Gasteiger partial charge in [0.25, 0.3) is 0 Å². The summed E-state index contributed by atoms with van der Waals surface area (Å²) >= 11 is 3.91. The molecule has 1 fully saturated rings. The molecule has 3 N–H and O–H groups in total. The molecule has 2 aromatic rings. The number of carbonyl (C=O) groups excluding carboxylic acids is 1. The van der Waals surface area contributed by atoms with Crippen molar-refractivity contribution in [3.8, 4) is 0 Å². The minimum Gasteiger partial charge on any atom is -0.350 e. The van der Waals surface area contributed by atoms with Crippen molar-refractivity contribution >= 4 is 29.8 Å². The molecule has 35 heavy (non-hydrogen) atoms. The molecule has 1 unspecified atom stereocenters. The van der Waals surface area contributed by atoms with Gasteiger partial charge in [-0.2, -0.15) is 13.2 Å². The van der Waals surface area contributed by atoms with Gasteiger partial charge in [0.2, 0.25) is 11.8 Å². The number of carbonyl (C=O) groups is 1. The van der Waals surface area contributed by atoms with Crippen molar-refractivity contribution in [2.75, 3.05) is 0 Å². The van der Waals surface area contributed by atoms with Crippen LogP contribution in [0, 0.1) is 5.92 Å². The zero-order valence-corrected chi connectivity index (χ0v) is 21.6. The average molecular weight is 525 g/mol. The summed E-state index contributed by atoms with van der Waals surface area (Å²) in [5.41, 5.74) is 2.34. The van der Waals surface area contributed by atoms with Gasteiger partial charge < -0.3 is 10.3 Å². The van der Waals surface area contributed by atoms with Gasteiger partial charge in [0.15, 0.2) is 0 Å². The number of aromatic amines is 1. The maximum Gasteiger partial charge on any atom is 0.389 e. The van der Waals surface area contributed by atoms with Crippen molar-refractivity contribution in [1.82, 2.24) is 20.0 Å². The van der Waals surface area contributed by atoms with Crippen LogP contribution >= 0.6 is 12.8 Å². The maximum absolute atomic E-state index is 12.2. The molecular weight excluding hydrogens is 487 g/mol. The number of imidazole rings is 1. The zero-order valence-electron chi connectivity index (χ0n) is 20.7. The molecule has 1 amide bonds. The number of benzene rings is 1. The SMILES string of the molecule is CC(C)C.CC(NC(=O)CCC(F)(F)F)c1ccc2nc(CNS)[nH]c2c1.FC1(F)CCCCC1. The second kappa shape index (κ2) is 14.6. The van der Waals surface area contributed by atoms with Gasteiger partial charge in [0.05, 0.1) is 30.0 Å². The smallest absolute Gasteiger partial charge is 0.350 e. The fraction of sp³-hybridized carbons (Fsp3) is 0.667. The first-order chi connectivity index (χ1) is 16.2. The van der Waals surface area contributed by atoms with Crippen LogP contribution < -0.4 is 10.0 Å². The largest absolute Gasteiger partial charge is 0.389 e. The van der Waals surface area contributed by atoms with Gasteiger partial charge in [0.1, 0.15) is 5.82 Å². The lowest BCUT2D eigenvalue weighted by Gasteiger charge is -2.20. The Morgan fingerprint density at radius 1 is 1.14 bits per heavy atom. The van der Waals surface area contributed by atoms with Crippen LogP contribution in [0.1, 0.15) is 90.1 Å². The van der Waals surface area contributed by atoms with E-state index in [4.69, 9.17) is 0 Å². The van der Waals surface area contributed by atoms with Crippen molar-refractivity contribution < 1.29 is 26.7 Å². The van der Waals surface area contributed by atoms with Gasteiger partial charge in [-0.15, -0.1) is 0 Å². The van der Waals surface area contributed by atoms with Crippen LogP contribution in [-0.4, -0.2) is 28.0 Å². The van der Waals surface area contributed by atoms with Crippen LogP contribution in [-0.2, 0) is 11.3 Å². The number of nitrogens with zero attached hydrogens (tertiary/aromatic N) is 1. The number of alkyl halides is 5. The zero-order chi connectivity index (χ0) is 26.6. The summed E-state index contributed by atoms with van der Waals surface area (Å²) in [5, 5.41) is 2.57. The van der Waals surface area contributed by atoms with Gasteiger partial charge in [0, 0.05) is 19.3 Å². The number of aromatic nitrogens is 2. The van der Waals surface area contributed by atoms with Gasteiger partial charge in [-0.25, -0.2) is 13.8 Å². The van der Waals surface area contributed by atoms with E-state index in [2.05, 4.69) is 53.6 Å². The second-order valence-corrected chi connectivity index (χ2v) is 9.66. The van der Waals surface area contributed by atoms with Gasteiger partial charge in [-0.05, 0) is 43.4 Å². The average Bonchev–Trinajstić information content (AvgIpc) is 3.13. The molecule has 5 nitrogen and oxygen atoms in total. The van der Waals surface area contributed by atoms with E-state index in [0.29, 0.717) is 25.2 Å². The van der Waals surface area contributed by atoms with E-state index in [0.717, 1.165) is 28.9 Å². The molecule has 1 aliphatic carbocycles. The number of nitrogens with one attached hydrogen (secondary N) is 3. The number of hydrogen-bond donors (Lipinski definition) is 4. The molecule has 1 atom stereocenters. The highest BCUT2D eigenvalue weighted by Gasteiger charge is 2.30. The summed E-state index contributed by atoms with van der Waals surface area (Å²) in [6.07, 6.45) is -3.36. The minimum absolute atomic E-state index is 0.118. The monoisotopic (exact) mass is 524 g/mol. The molecule has 3 rings (SSSR count). The predicted molar refractivity (Wildman–Crippen MR) is 132 cm³/mol. The first kappa shape index (κ1) is 31.2. The maximum atomic E-state index is 12.2. The first-order valence-electron chi connectivity index (χ1n) is 11.8. The Morgan fingerprint density at radius 2 is 1.74 bits per heavy atom. The minimum atomic E-state index is -4.33. The first-order valence-corrected chi connectivity index (χ1v) is 12.3. The van der Waals surface area contributed by atoms with E-state index in [-0.39, 0.29) is 12.8 Å². The summed E-state index contributed by atoms with van der Waals surface area (Å²) in [7, 11) is 0. The number of hydrogen-bond acceptors (Lipinski definition) is 4. The highest BCUT2D eigenvalue weighted by molar-refractivity contribution is 7.78. The Morgan fingerprint density at radius 3 is 2.23 bits per heavy atom. The lowest BCUT2D eigenvalue weighted by Crippen LogP contribution is -2.27. The third kappa shape index (κ3) is 13.7. The van der Waals surface area contributed by atoms with Crippen molar-refractivity contribution in [2.24, 2.45) is 5.92 Å². The topological polar surface area (TPSA) is 69.8 Å². The Hall–Kier alpha value is -1.88. The fourth-order valence-electron chi connectivity index (χ4n) is 3.23. The third-order valence-electron chi connectivity index (χ3n) is 4.90. The molecule has 200 valence electrons. The van der Waals surface area contributed by atoms with Crippen molar-refractivity contribution in [3.05, 3.63) is 29.6 Å². The number of H-pyrrole nitrogens is 1. The number of thiol groups is 1. The van der Waals surface area contributed by atoms with Crippen LogP contribution in [0.5, 0.6) is 0 Å². The molecule has 0 bridgehead atoms. The van der Waals surface area contributed by atoms with Crippen LogP contribution in [0.2, 0.25) is 0 Å². The molecule has 1 aliphatic rings. The normalized spacial score (nSPS) is 16.1. The van der Waals surface area contributed by atoms with Gasteiger partial charge in [-0.3, -0.25) is 9.52 Å². The molecule has 0 aliphatic heterocycles. The molecule has 11 heteroatoms. The Bertz CT molecular complexity index is 891. The molecule has 1 aromatic carbocycles. The number of halogens is 5. The van der Waals surface area contributed by atoms with Crippen LogP contribution in [0.25, 0.3) is 11.0 Å². The second-order valence-electron chi connectivity index (χ2n) is 9.35. The number of fused-ring (bicyclic) bond motifs is 1. The Kier molecular flexibility index (Phi) is 13.0.